The van der Waals surface area contributed by atoms with Gasteiger partial charge < -0.3 is 14.8 Å². The van der Waals surface area contributed by atoms with Gasteiger partial charge in [-0.1, -0.05) is 36.4 Å². The zero-order valence-corrected chi connectivity index (χ0v) is 19.0. The van der Waals surface area contributed by atoms with E-state index in [1.54, 1.807) is 30.3 Å². The van der Waals surface area contributed by atoms with E-state index in [0.717, 1.165) is 9.87 Å². The highest BCUT2D eigenvalue weighted by Gasteiger charge is 2.18. The van der Waals surface area contributed by atoms with Crippen LogP contribution in [0.25, 0.3) is 0 Å². The summed E-state index contributed by atoms with van der Waals surface area (Å²) in [4.78, 5) is 24.4. The molecule has 1 amide bonds. The zero-order valence-electron chi connectivity index (χ0n) is 18.2. The third-order valence-electron chi connectivity index (χ3n) is 4.57. The molecule has 0 aliphatic carbocycles. The lowest BCUT2D eigenvalue weighted by Gasteiger charge is -2.13. The number of benzene rings is 3. The Hall–Kier alpha value is -3.69. The molecule has 0 radical (unpaired) electrons. The van der Waals surface area contributed by atoms with Gasteiger partial charge in [0.2, 0.25) is 10.0 Å². The standard InChI is InChI=1S/C24H24N2O6S/c1-26(2)33(29,30)22-10-6-9-20(15-22)25-23(27)17-32-24(28)19-11-13-21(14-12-19)31-16-18-7-4-3-5-8-18/h3-15H,16-17H2,1-2H3,(H,25,27). The van der Waals surface area contributed by atoms with E-state index in [0.29, 0.717) is 12.4 Å². The molecule has 1 N–H and O–H groups in total. The summed E-state index contributed by atoms with van der Waals surface area (Å²) in [5.74, 6) is -0.657. The first-order chi connectivity index (χ1) is 15.8. The molecule has 0 saturated carbocycles. The van der Waals surface area contributed by atoms with E-state index < -0.39 is 28.5 Å². The Balaban J connectivity index is 1.51. The second-order valence-electron chi connectivity index (χ2n) is 7.24. The van der Waals surface area contributed by atoms with Gasteiger partial charge in [0, 0.05) is 19.8 Å². The predicted molar refractivity (Wildman–Crippen MR) is 123 cm³/mol. The van der Waals surface area contributed by atoms with Crippen molar-refractivity contribution < 1.29 is 27.5 Å². The quantitative estimate of drug-likeness (QED) is 0.484. The summed E-state index contributed by atoms with van der Waals surface area (Å²) in [6, 6.07) is 21.9. The number of hydrogen-bond donors (Lipinski definition) is 1. The molecule has 172 valence electrons. The molecule has 9 heteroatoms. The Bertz CT molecular complexity index is 1210. The van der Waals surface area contributed by atoms with Crippen LogP contribution in [0.5, 0.6) is 5.75 Å². The van der Waals surface area contributed by atoms with E-state index in [9.17, 15) is 18.0 Å². The van der Waals surface area contributed by atoms with E-state index in [2.05, 4.69) is 5.32 Å². The Morgan fingerprint density at radius 3 is 2.27 bits per heavy atom. The molecule has 3 aromatic carbocycles. The molecule has 33 heavy (non-hydrogen) atoms. The fraction of sp³-hybridized carbons (Fsp3) is 0.167. The summed E-state index contributed by atoms with van der Waals surface area (Å²) >= 11 is 0. The van der Waals surface area contributed by atoms with E-state index in [1.807, 2.05) is 30.3 Å². The highest BCUT2D eigenvalue weighted by atomic mass is 32.2. The van der Waals surface area contributed by atoms with Crippen molar-refractivity contribution in [3.8, 4) is 5.75 Å². The van der Waals surface area contributed by atoms with Crippen LogP contribution >= 0.6 is 0 Å². The van der Waals surface area contributed by atoms with Gasteiger partial charge in [0.05, 0.1) is 10.5 Å². The molecule has 0 fully saturated rings. The van der Waals surface area contributed by atoms with Crippen LogP contribution in [0.1, 0.15) is 15.9 Å². The van der Waals surface area contributed by atoms with Crippen LogP contribution in [0.3, 0.4) is 0 Å². The van der Waals surface area contributed by atoms with Crippen LogP contribution in [-0.4, -0.2) is 45.3 Å². The summed E-state index contributed by atoms with van der Waals surface area (Å²) < 4.78 is 36.2. The largest absolute Gasteiger partial charge is 0.489 e. The van der Waals surface area contributed by atoms with Crippen LogP contribution in [0.15, 0.2) is 83.8 Å². The smallest absolute Gasteiger partial charge is 0.338 e. The van der Waals surface area contributed by atoms with Crippen molar-refractivity contribution in [2.75, 3.05) is 26.0 Å². The van der Waals surface area contributed by atoms with Gasteiger partial charge in [-0.15, -0.1) is 0 Å². The Labute approximate surface area is 192 Å². The lowest BCUT2D eigenvalue weighted by atomic mass is 10.2. The topological polar surface area (TPSA) is 102 Å². The minimum absolute atomic E-state index is 0.0388. The van der Waals surface area contributed by atoms with Gasteiger partial charge in [0.1, 0.15) is 12.4 Å². The second kappa shape index (κ2) is 10.8. The first-order valence-corrected chi connectivity index (χ1v) is 11.5. The van der Waals surface area contributed by atoms with Gasteiger partial charge in [-0.05, 0) is 48.0 Å². The molecule has 0 atom stereocenters. The van der Waals surface area contributed by atoms with Crippen molar-refractivity contribution in [1.82, 2.24) is 4.31 Å². The maximum atomic E-state index is 12.2. The first-order valence-electron chi connectivity index (χ1n) is 10.0. The molecule has 0 spiro atoms. The number of anilines is 1. The van der Waals surface area contributed by atoms with Gasteiger partial charge in [-0.2, -0.15) is 0 Å². The number of amides is 1. The monoisotopic (exact) mass is 468 g/mol. The number of esters is 1. The third kappa shape index (κ3) is 6.64. The zero-order chi connectivity index (χ0) is 23.8. The molecule has 0 bridgehead atoms. The highest BCUT2D eigenvalue weighted by Crippen LogP contribution is 2.18. The van der Waals surface area contributed by atoms with Crippen LogP contribution in [-0.2, 0) is 26.2 Å². The summed E-state index contributed by atoms with van der Waals surface area (Å²) in [7, 11) is -0.797. The van der Waals surface area contributed by atoms with E-state index in [1.165, 1.54) is 32.3 Å². The Morgan fingerprint density at radius 2 is 1.61 bits per heavy atom. The lowest BCUT2D eigenvalue weighted by molar-refractivity contribution is -0.119. The molecule has 0 saturated heterocycles. The fourth-order valence-electron chi connectivity index (χ4n) is 2.78. The molecule has 0 aromatic heterocycles. The number of rotatable bonds is 9. The van der Waals surface area contributed by atoms with Gasteiger partial charge >= 0.3 is 5.97 Å². The molecule has 0 heterocycles. The highest BCUT2D eigenvalue weighted by molar-refractivity contribution is 7.89. The van der Waals surface area contributed by atoms with E-state index in [-0.39, 0.29) is 16.1 Å². The van der Waals surface area contributed by atoms with Crippen LogP contribution < -0.4 is 10.1 Å². The minimum atomic E-state index is -3.63. The molecule has 3 aromatic rings. The molecule has 0 aliphatic heterocycles. The molecular formula is C24H24N2O6S. The van der Waals surface area contributed by atoms with Crippen molar-refractivity contribution >= 4 is 27.6 Å². The normalized spacial score (nSPS) is 11.1. The first kappa shape index (κ1) is 24.0. The third-order valence-corrected chi connectivity index (χ3v) is 6.38. The number of nitrogens with one attached hydrogen (secondary N) is 1. The number of ether oxygens (including phenoxy) is 2. The molecule has 0 aliphatic rings. The molecule has 8 nitrogen and oxygen atoms in total. The number of carbonyl (C=O) groups is 2. The maximum absolute atomic E-state index is 12.2. The van der Waals surface area contributed by atoms with Crippen LogP contribution in [0.2, 0.25) is 0 Å². The number of carbonyl (C=O) groups excluding carboxylic acids is 2. The molecule has 0 unspecified atom stereocenters. The van der Waals surface area contributed by atoms with Crippen molar-refractivity contribution in [1.29, 1.82) is 0 Å². The van der Waals surface area contributed by atoms with Gasteiger partial charge in [0.25, 0.3) is 5.91 Å². The number of nitrogens with zero attached hydrogens (tertiary/aromatic N) is 1. The minimum Gasteiger partial charge on any atom is -0.489 e. The van der Waals surface area contributed by atoms with E-state index in [4.69, 9.17) is 9.47 Å². The summed E-state index contributed by atoms with van der Waals surface area (Å²) in [6.45, 7) is -0.113. The van der Waals surface area contributed by atoms with Gasteiger partial charge in [-0.25, -0.2) is 17.5 Å². The lowest BCUT2D eigenvalue weighted by Crippen LogP contribution is -2.23. The van der Waals surface area contributed by atoms with Gasteiger partial charge in [-0.3, -0.25) is 4.79 Å². The summed E-state index contributed by atoms with van der Waals surface area (Å²) in [5.41, 5.74) is 1.57. The summed E-state index contributed by atoms with van der Waals surface area (Å²) in [6.07, 6.45) is 0. The maximum Gasteiger partial charge on any atom is 0.338 e. The van der Waals surface area contributed by atoms with Crippen LogP contribution in [0, 0.1) is 0 Å². The molecular weight excluding hydrogens is 444 g/mol. The van der Waals surface area contributed by atoms with Crippen molar-refractivity contribution in [3.05, 3.63) is 90.0 Å². The van der Waals surface area contributed by atoms with Crippen molar-refractivity contribution in [2.24, 2.45) is 0 Å². The van der Waals surface area contributed by atoms with Crippen molar-refractivity contribution in [2.45, 2.75) is 11.5 Å². The number of sulfonamides is 1. The predicted octanol–water partition coefficient (Wildman–Crippen LogP) is 3.31. The van der Waals surface area contributed by atoms with Gasteiger partial charge in [0.15, 0.2) is 6.61 Å². The fourth-order valence-corrected chi connectivity index (χ4v) is 3.73. The average molecular weight is 469 g/mol. The Morgan fingerprint density at radius 1 is 0.909 bits per heavy atom. The average Bonchev–Trinajstić information content (AvgIpc) is 2.82. The van der Waals surface area contributed by atoms with E-state index >= 15 is 0 Å². The Kier molecular flexibility index (Phi) is 7.81. The molecule has 3 rings (SSSR count). The van der Waals surface area contributed by atoms with Crippen LogP contribution in [0.4, 0.5) is 5.69 Å². The van der Waals surface area contributed by atoms with Crippen molar-refractivity contribution in [3.63, 3.8) is 0 Å². The number of hydrogen-bond acceptors (Lipinski definition) is 6. The summed E-state index contributed by atoms with van der Waals surface area (Å²) in [5, 5.41) is 2.52. The SMILES string of the molecule is CN(C)S(=O)(=O)c1cccc(NC(=O)COC(=O)c2ccc(OCc3ccccc3)cc2)c1. The second-order valence-corrected chi connectivity index (χ2v) is 9.39.